The fraction of sp³-hybridized carbons (Fsp3) is 0.400. The lowest BCUT2D eigenvalue weighted by Gasteiger charge is -2.37. The van der Waals surface area contributed by atoms with E-state index in [4.69, 9.17) is 4.74 Å². The van der Waals surface area contributed by atoms with E-state index in [0.29, 0.717) is 18.8 Å². The number of aromatic nitrogens is 3. The smallest absolute Gasteiger partial charge is 0.247 e. The van der Waals surface area contributed by atoms with Gasteiger partial charge < -0.3 is 9.84 Å². The second kappa shape index (κ2) is 10.8. The van der Waals surface area contributed by atoms with Crippen LogP contribution in [0.2, 0.25) is 0 Å². The van der Waals surface area contributed by atoms with Crippen molar-refractivity contribution in [1.29, 1.82) is 0 Å². The molecule has 1 aromatic carbocycles. The Morgan fingerprint density at radius 1 is 1.14 bits per heavy atom. The number of hydrogen-bond acceptors (Lipinski definition) is 8. The van der Waals surface area contributed by atoms with Gasteiger partial charge in [0.25, 0.3) is 0 Å². The highest BCUT2D eigenvalue weighted by atomic mass is 32.2. The van der Waals surface area contributed by atoms with Crippen molar-refractivity contribution in [3.05, 3.63) is 67.0 Å². The van der Waals surface area contributed by atoms with Gasteiger partial charge >= 0.3 is 0 Å². The van der Waals surface area contributed by atoms with Crippen LogP contribution >= 0.6 is 0 Å². The third kappa shape index (κ3) is 5.67. The van der Waals surface area contributed by atoms with Crippen molar-refractivity contribution in [1.82, 2.24) is 24.2 Å². The van der Waals surface area contributed by atoms with Crippen LogP contribution in [0.5, 0.6) is 5.75 Å². The number of benzene rings is 1. The molecule has 186 valence electrons. The number of ether oxygens (including phenoxy) is 1. The summed E-state index contributed by atoms with van der Waals surface area (Å²) in [5.41, 5.74) is 2.73. The van der Waals surface area contributed by atoms with E-state index in [1.807, 2.05) is 26.1 Å². The standard InChI is InChI=1S/C25H31N5O4S/c1-18-13-30(19(2)16-31)35(32,33)25-5-4-22(21-6-8-26-9-7-21)10-23(25)34-24(18)15-29(3)14-20-11-27-17-28-12-20/h4-12,17-19,24,31H,13-16H2,1-3H3/t18-,19+,24-/m0/s1. The molecule has 2 aromatic heterocycles. The van der Waals surface area contributed by atoms with E-state index in [2.05, 4.69) is 19.9 Å². The summed E-state index contributed by atoms with van der Waals surface area (Å²) in [6.07, 6.45) is 8.15. The summed E-state index contributed by atoms with van der Waals surface area (Å²) in [5, 5.41) is 9.82. The fourth-order valence-electron chi connectivity index (χ4n) is 4.26. The molecule has 3 atom stereocenters. The lowest BCUT2D eigenvalue weighted by Crippen LogP contribution is -2.49. The van der Waals surface area contributed by atoms with Crippen molar-refractivity contribution in [2.45, 2.75) is 37.4 Å². The number of rotatable bonds is 7. The monoisotopic (exact) mass is 497 g/mol. The molecule has 0 spiro atoms. The van der Waals surface area contributed by atoms with E-state index in [1.165, 1.54) is 10.6 Å². The fourth-order valence-corrected chi connectivity index (χ4v) is 6.09. The Labute approximate surface area is 206 Å². The molecule has 1 N–H and O–H groups in total. The molecule has 0 bridgehead atoms. The molecule has 0 unspecified atom stereocenters. The van der Waals surface area contributed by atoms with Crippen molar-refractivity contribution in [2.75, 3.05) is 26.7 Å². The second-order valence-electron chi connectivity index (χ2n) is 9.08. The molecule has 9 nitrogen and oxygen atoms in total. The topological polar surface area (TPSA) is 109 Å². The van der Waals surface area contributed by atoms with E-state index in [1.54, 1.807) is 49.9 Å². The van der Waals surface area contributed by atoms with Crippen LogP contribution in [0, 0.1) is 5.92 Å². The molecule has 4 rings (SSSR count). The maximum absolute atomic E-state index is 13.6. The Morgan fingerprint density at radius 3 is 2.54 bits per heavy atom. The molecule has 0 radical (unpaired) electrons. The van der Waals surface area contributed by atoms with E-state index in [9.17, 15) is 13.5 Å². The van der Waals surface area contributed by atoms with Crippen molar-refractivity contribution >= 4 is 10.0 Å². The van der Waals surface area contributed by atoms with Crippen LogP contribution in [0.4, 0.5) is 0 Å². The molecular formula is C25H31N5O4S. The van der Waals surface area contributed by atoms with Gasteiger partial charge in [0.05, 0.1) is 6.61 Å². The maximum Gasteiger partial charge on any atom is 0.247 e. The van der Waals surface area contributed by atoms with Gasteiger partial charge in [0.2, 0.25) is 10.0 Å². The number of aliphatic hydroxyl groups excluding tert-OH is 1. The van der Waals surface area contributed by atoms with Crippen molar-refractivity contribution in [3.63, 3.8) is 0 Å². The van der Waals surface area contributed by atoms with E-state index in [0.717, 1.165) is 16.7 Å². The number of sulfonamides is 1. The Bertz CT molecular complexity index is 1230. The average molecular weight is 498 g/mol. The zero-order valence-electron chi connectivity index (χ0n) is 20.2. The van der Waals surface area contributed by atoms with Crippen LogP contribution in [0.1, 0.15) is 19.4 Å². The minimum Gasteiger partial charge on any atom is -0.487 e. The molecule has 0 aliphatic carbocycles. The summed E-state index contributed by atoms with van der Waals surface area (Å²) in [6.45, 7) is 4.86. The summed E-state index contributed by atoms with van der Waals surface area (Å²) in [5.74, 6) is 0.174. The average Bonchev–Trinajstić information content (AvgIpc) is 2.86. The second-order valence-corrected chi connectivity index (χ2v) is 10.9. The molecular weight excluding hydrogens is 466 g/mol. The van der Waals surface area contributed by atoms with Gasteiger partial charge in [-0.05, 0) is 49.4 Å². The maximum atomic E-state index is 13.6. The highest BCUT2D eigenvalue weighted by Crippen LogP contribution is 2.36. The number of hydrogen-bond donors (Lipinski definition) is 1. The minimum absolute atomic E-state index is 0.103. The van der Waals surface area contributed by atoms with Crippen molar-refractivity contribution < 1.29 is 18.3 Å². The summed E-state index contributed by atoms with van der Waals surface area (Å²) in [6, 6.07) is 8.33. The number of nitrogens with zero attached hydrogens (tertiary/aromatic N) is 5. The van der Waals surface area contributed by atoms with Gasteiger partial charge in [-0.1, -0.05) is 13.0 Å². The van der Waals surface area contributed by atoms with E-state index < -0.39 is 16.1 Å². The summed E-state index contributed by atoms with van der Waals surface area (Å²) < 4.78 is 35.1. The number of pyridine rings is 1. The normalized spacial score (nSPS) is 20.9. The van der Waals surface area contributed by atoms with Gasteiger partial charge in [-0.3, -0.25) is 9.88 Å². The Hall–Kier alpha value is -2.92. The van der Waals surface area contributed by atoms with Gasteiger partial charge in [-0.25, -0.2) is 18.4 Å². The molecule has 0 saturated carbocycles. The molecule has 3 aromatic rings. The molecule has 1 aliphatic rings. The Kier molecular flexibility index (Phi) is 7.75. The first-order valence-electron chi connectivity index (χ1n) is 11.6. The van der Waals surface area contributed by atoms with Crippen LogP contribution in [0.3, 0.4) is 0 Å². The van der Waals surface area contributed by atoms with Crippen LogP contribution in [0.15, 0.2) is 66.3 Å². The van der Waals surface area contributed by atoms with Crippen LogP contribution in [-0.2, 0) is 16.6 Å². The Balaban J connectivity index is 1.72. The molecule has 0 fully saturated rings. The van der Waals surface area contributed by atoms with E-state index >= 15 is 0 Å². The largest absolute Gasteiger partial charge is 0.487 e. The molecule has 3 heterocycles. The number of likely N-dealkylation sites (N-methyl/N-ethyl adjacent to an activating group) is 1. The molecule has 35 heavy (non-hydrogen) atoms. The first-order valence-corrected chi connectivity index (χ1v) is 13.0. The molecule has 1 aliphatic heterocycles. The summed E-state index contributed by atoms with van der Waals surface area (Å²) in [4.78, 5) is 14.4. The predicted molar refractivity (Wildman–Crippen MR) is 132 cm³/mol. The van der Waals surface area contributed by atoms with Gasteiger partial charge in [0, 0.05) is 61.9 Å². The van der Waals surface area contributed by atoms with Gasteiger partial charge in [-0.15, -0.1) is 0 Å². The van der Waals surface area contributed by atoms with Gasteiger partial charge in [0.15, 0.2) is 0 Å². The Morgan fingerprint density at radius 2 is 1.86 bits per heavy atom. The zero-order chi connectivity index (χ0) is 25.0. The lowest BCUT2D eigenvalue weighted by atomic mass is 10.0. The number of fused-ring (bicyclic) bond motifs is 1. The third-order valence-electron chi connectivity index (χ3n) is 6.24. The highest BCUT2D eigenvalue weighted by Gasteiger charge is 2.38. The van der Waals surface area contributed by atoms with Crippen LogP contribution in [0.25, 0.3) is 11.1 Å². The molecule has 0 amide bonds. The first-order chi connectivity index (χ1) is 16.8. The minimum atomic E-state index is -3.88. The van der Waals surface area contributed by atoms with Gasteiger partial charge in [-0.2, -0.15) is 4.31 Å². The molecule has 0 saturated heterocycles. The quantitative estimate of drug-likeness (QED) is 0.530. The first kappa shape index (κ1) is 25.2. The highest BCUT2D eigenvalue weighted by molar-refractivity contribution is 7.89. The zero-order valence-corrected chi connectivity index (χ0v) is 21.0. The predicted octanol–water partition coefficient (Wildman–Crippen LogP) is 2.44. The third-order valence-corrected chi connectivity index (χ3v) is 8.26. The van der Waals surface area contributed by atoms with Crippen LogP contribution in [-0.4, -0.2) is 76.6 Å². The summed E-state index contributed by atoms with van der Waals surface area (Å²) >= 11 is 0. The van der Waals surface area contributed by atoms with Crippen molar-refractivity contribution in [3.8, 4) is 16.9 Å². The van der Waals surface area contributed by atoms with E-state index in [-0.39, 0.29) is 30.1 Å². The summed E-state index contributed by atoms with van der Waals surface area (Å²) in [7, 11) is -1.89. The van der Waals surface area contributed by atoms with Crippen LogP contribution < -0.4 is 4.74 Å². The lowest BCUT2D eigenvalue weighted by molar-refractivity contribution is 0.0733. The van der Waals surface area contributed by atoms with Crippen molar-refractivity contribution in [2.24, 2.45) is 5.92 Å². The SMILES string of the molecule is C[C@H](CO)N1C[C@H](C)[C@H](CN(C)Cc2cncnc2)Oc2cc(-c3ccncc3)ccc2S1(=O)=O. The molecule has 10 heteroatoms. The van der Waals surface area contributed by atoms with Gasteiger partial charge in [0.1, 0.15) is 23.1 Å². The number of aliphatic hydroxyl groups is 1.